The molecule has 0 N–H and O–H groups in total. The molecular weight excluding hydrogens is 425 g/mol. The Balaban J connectivity index is 6.69. The molecule has 28 heavy (non-hydrogen) atoms. The minimum absolute atomic E-state index is 0.273. The monoisotopic (exact) mass is 466 g/mol. The van der Waals surface area contributed by atoms with Crippen molar-refractivity contribution in [2.24, 2.45) is 0 Å². The first kappa shape index (κ1) is 27.9. The van der Waals surface area contributed by atoms with Gasteiger partial charge in [0.1, 0.15) is 0 Å². The SMILES string of the molecule is C=C(C)C(=O)OC(O[Si](C)(C)C)(O[Si](C)(C)C)C([SiH3])(OCCC)O[Si](C)(C)C. The highest BCUT2D eigenvalue weighted by atomic mass is 28.4. The summed E-state index contributed by atoms with van der Waals surface area (Å²) in [5.74, 6) is -2.32. The maximum Gasteiger partial charge on any atom is 0.361 e. The molecule has 0 bridgehead atoms. The van der Waals surface area contributed by atoms with Crippen LogP contribution in [-0.4, -0.2) is 59.2 Å². The first-order valence-electron chi connectivity index (χ1n) is 9.89. The molecule has 0 fully saturated rings. The Hall–Kier alpha value is -0.0825. The standard InChI is InChI=1S/C18H42O6Si4/c1-13-14-20-18(25,24-28(10,11)12)17(22-26(4,5)6,23-27(7,8)9)21-16(19)15(2)3/h2,13-14H2,1,3-12,25H3. The van der Waals surface area contributed by atoms with Crippen molar-refractivity contribution >= 4 is 41.2 Å². The molecule has 1 atom stereocenters. The van der Waals surface area contributed by atoms with E-state index in [1.54, 1.807) is 6.92 Å². The third-order valence-electron chi connectivity index (χ3n) is 3.10. The molecule has 0 rings (SSSR count). The largest absolute Gasteiger partial charge is 0.402 e. The van der Waals surface area contributed by atoms with Gasteiger partial charge in [-0.3, -0.25) is 0 Å². The van der Waals surface area contributed by atoms with E-state index in [4.69, 9.17) is 22.8 Å². The summed E-state index contributed by atoms with van der Waals surface area (Å²) in [6.45, 7) is 26.2. The number of rotatable bonds is 12. The average Bonchev–Trinajstić information content (AvgIpc) is 2.39. The molecule has 0 radical (unpaired) electrons. The van der Waals surface area contributed by atoms with Gasteiger partial charge in [-0.15, -0.1) is 0 Å². The molecule has 1 unspecified atom stereocenters. The fourth-order valence-corrected chi connectivity index (χ4v) is 8.76. The summed E-state index contributed by atoms with van der Waals surface area (Å²) in [5.41, 5.74) is -1.01. The zero-order chi connectivity index (χ0) is 22.6. The Morgan fingerprint density at radius 1 is 0.893 bits per heavy atom. The lowest BCUT2D eigenvalue weighted by Crippen LogP contribution is -2.70. The van der Waals surface area contributed by atoms with Gasteiger partial charge in [0.05, 0.1) is 10.2 Å². The summed E-state index contributed by atoms with van der Waals surface area (Å²) in [6, 6.07) is 0. The van der Waals surface area contributed by atoms with Crippen LogP contribution in [0.1, 0.15) is 20.3 Å². The molecule has 0 amide bonds. The second-order valence-electron chi connectivity index (χ2n) is 10.2. The van der Waals surface area contributed by atoms with Crippen LogP contribution in [0.15, 0.2) is 12.2 Å². The molecule has 0 aromatic carbocycles. The van der Waals surface area contributed by atoms with Gasteiger partial charge < -0.3 is 22.8 Å². The minimum atomic E-state index is -2.25. The minimum Gasteiger partial charge on any atom is -0.402 e. The van der Waals surface area contributed by atoms with Crippen LogP contribution in [0.5, 0.6) is 0 Å². The molecule has 0 aliphatic rings. The van der Waals surface area contributed by atoms with E-state index in [-0.39, 0.29) is 5.57 Å². The maximum absolute atomic E-state index is 12.7. The van der Waals surface area contributed by atoms with Gasteiger partial charge in [-0.25, -0.2) is 4.79 Å². The van der Waals surface area contributed by atoms with Crippen LogP contribution in [0.2, 0.25) is 58.9 Å². The molecule has 0 saturated heterocycles. The molecular formula is C18H42O6Si4. The van der Waals surface area contributed by atoms with E-state index in [0.717, 1.165) is 6.42 Å². The molecule has 0 spiro atoms. The van der Waals surface area contributed by atoms with Gasteiger partial charge in [-0.2, -0.15) is 0 Å². The zero-order valence-electron chi connectivity index (χ0n) is 20.1. The summed E-state index contributed by atoms with van der Waals surface area (Å²) < 4.78 is 31.7. The Labute approximate surface area is 178 Å². The molecule has 166 valence electrons. The van der Waals surface area contributed by atoms with E-state index in [2.05, 4.69) is 26.2 Å². The van der Waals surface area contributed by atoms with E-state index in [1.807, 2.05) is 46.2 Å². The second kappa shape index (κ2) is 9.82. The third kappa shape index (κ3) is 9.61. The van der Waals surface area contributed by atoms with Crippen molar-refractivity contribution in [1.82, 2.24) is 0 Å². The quantitative estimate of drug-likeness (QED) is 0.189. The lowest BCUT2D eigenvalue weighted by molar-refractivity contribution is -0.398. The summed E-state index contributed by atoms with van der Waals surface area (Å²) in [5, 5.41) is 0. The van der Waals surface area contributed by atoms with Crippen LogP contribution in [0.4, 0.5) is 0 Å². The Bertz CT molecular complexity index is 532. The van der Waals surface area contributed by atoms with Gasteiger partial charge in [0, 0.05) is 12.2 Å². The van der Waals surface area contributed by atoms with Crippen molar-refractivity contribution in [3.8, 4) is 0 Å². The fraction of sp³-hybridized carbons (Fsp3) is 0.833. The lowest BCUT2D eigenvalue weighted by Gasteiger charge is -2.52. The van der Waals surface area contributed by atoms with Crippen molar-refractivity contribution in [2.45, 2.75) is 90.6 Å². The lowest BCUT2D eigenvalue weighted by atomic mass is 10.3. The van der Waals surface area contributed by atoms with Crippen molar-refractivity contribution in [2.75, 3.05) is 6.61 Å². The van der Waals surface area contributed by atoms with Crippen molar-refractivity contribution < 1.29 is 27.5 Å². The summed E-state index contributed by atoms with van der Waals surface area (Å²) in [6.07, 6.45) is 0.795. The van der Waals surface area contributed by atoms with Crippen LogP contribution >= 0.6 is 0 Å². The summed E-state index contributed by atoms with van der Waals surface area (Å²) >= 11 is 0. The number of ether oxygens (including phenoxy) is 2. The van der Waals surface area contributed by atoms with Gasteiger partial charge in [0.2, 0.25) is 5.41 Å². The molecule has 0 heterocycles. The number of hydrogen-bond donors (Lipinski definition) is 0. The Kier molecular flexibility index (Phi) is 9.79. The molecule has 6 nitrogen and oxygen atoms in total. The highest BCUT2D eigenvalue weighted by molar-refractivity contribution is 6.71. The van der Waals surface area contributed by atoms with Crippen LogP contribution < -0.4 is 0 Å². The molecule has 10 heteroatoms. The van der Waals surface area contributed by atoms with Gasteiger partial charge in [0.25, 0.3) is 0 Å². The average molecular weight is 467 g/mol. The second-order valence-corrected chi connectivity index (χ2v) is 24.8. The van der Waals surface area contributed by atoms with Crippen LogP contribution in [-0.2, 0) is 27.5 Å². The normalized spacial score (nSPS) is 16.0. The van der Waals surface area contributed by atoms with Crippen molar-refractivity contribution in [3.05, 3.63) is 12.2 Å². The van der Waals surface area contributed by atoms with Crippen LogP contribution in [0.25, 0.3) is 0 Å². The molecule has 0 aliphatic heterocycles. The molecule has 0 saturated carbocycles. The van der Waals surface area contributed by atoms with Gasteiger partial charge in [-0.1, -0.05) is 13.5 Å². The van der Waals surface area contributed by atoms with E-state index in [9.17, 15) is 4.79 Å². The first-order valence-corrected chi connectivity index (χ1v) is 21.1. The highest BCUT2D eigenvalue weighted by Gasteiger charge is 2.61. The van der Waals surface area contributed by atoms with Crippen LogP contribution in [0, 0.1) is 0 Å². The Morgan fingerprint density at radius 3 is 1.57 bits per heavy atom. The van der Waals surface area contributed by atoms with Crippen molar-refractivity contribution in [3.63, 3.8) is 0 Å². The molecule has 0 aliphatic carbocycles. The summed E-state index contributed by atoms with van der Waals surface area (Å²) in [4.78, 5) is 12.7. The van der Waals surface area contributed by atoms with Crippen molar-refractivity contribution in [1.29, 1.82) is 0 Å². The predicted octanol–water partition coefficient (Wildman–Crippen LogP) is 3.76. The van der Waals surface area contributed by atoms with E-state index in [0.29, 0.717) is 16.8 Å². The third-order valence-corrected chi connectivity index (χ3v) is 7.37. The first-order chi connectivity index (χ1) is 12.3. The highest BCUT2D eigenvalue weighted by Crippen LogP contribution is 2.39. The maximum atomic E-state index is 12.7. The number of carbonyl (C=O) groups is 1. The van der Waals surface area contributed by atoms with Gasteiger partial charge in [-0.05, 0) is 72.3 Å². The van der Waals surface area contributed by atoms with Gasteiger partial charge >= 0.3 is 11.9 Å². The number of carbonyl (C=O) groups excluding carboxylic acids is 1. The van der Waals surface area contributed by atoms with E-state index in [1.165, 1.54) is 0 Å². The number of esters is 1. The Morgan fingerprint density at radius 2 is 1.29 bits per heavy atom. The zero-order valence-corrected chi connectivity index (χ0v) is 25.1. The molecule has 0 aromatic heterocycles. The van der Waals surface area contributed by atoms with E-state index >= 15 is 0 Å². The van der Waals surface area contributed by atoms with E-state index < -0.39 is 42.3 Å². The smallest absolute Gasteiger partial charge is 0.361 e. The van der Waals surface area contributed by atoms with Crippen LogP contribution in [0.3, 0.4) is 0 Å². The molecule has 0 aromatic rings. The summed E-state index contributed by atoms with van der Waals surface area (Å²) in [7, 11) is -6.23. The fourth-order valence-electron chi connectivity index (χ4n) is 2.42. The number of hydrogen-bond acceptors (Lipinski definition) is 6. The topological polar surface area (TPSA) is 63.2 Å². The van der Waals surface area contributed by atoms with Gasteiger partial charge in [0.15, 0.2) is 25.0 Å². The predicted molar refractivity (Wildman–Crippen MR) is 126 cm³/mol.